The molecule has 2 aromatic carbocycles. The van der Waals surface area contributed by atoms with E-state index in [1.807, 2.05) is 24.3 Å². The molecule has 0 aliphatic heterocycles. The van der Waals surface area contributed by atoms with Crippen molar-refractivity contribution in [3.05, 3.63) is 59.2 Å². The third-order valence-corrected chi connectivity index (χ3v) is 3.14. The first-order valence-electron chi connectivity index (χ1n) is 6.64. The van der Waals surface area contributed by atoms with Crippen molar-refractivity contribution in [1.82, 2.24) is 0 Å². The van der Waals surface area contributed by atoms with Crippen molar-refractivity contribution in [1.29, 1.82) is 0 Å². The van der Waals surface area contributed by atoms with E-state index in [9.17, 15) is 0 Å². The summed E-state index contributed by atoms with van der Waals surface area (Å²) in [5.41, 5.74) is 10.1. The summed E-state index contributed by atoms with van der Waals surface area (Å²) >= 11 is 0. The molecule has 0 atom stereocenters. The van der Waals surface area contributed by atoms with Crippen LogP contribution in [0.4, 0.5) is 5.69 Å². The minimum absolute atomic E-state index is 0.455. The summed E-state index contributed by atoms with van der Waals surface area (Å²) in [7, 11) is 0. The van der Waals surface area contributed by atoms with Crippen molar-refractivity contribution in [2.45, 2.75) is 33.3 Å². The van der Waals surface area contributed by atoms with Crippen molar-refractivity contribution in [2.24, 2.45) is 0 Å². The van der Waals surface area contributed by atoms with Gasteiger partial charge in [0.25, 0.3) is 0 Å². The Hall–Kier alpha value is -1.96. The fourth-order valence-electron chi connectivity index (χ4n) is 2.09. The Morgan fingerprint density at radius 3 is 2.58 bits per heavy atom. The quantitative estimate of drug-likeness (QED) is 0.828. The Bertz CT molecular complexity index is 561. The normalized spacial score (nSPS) is 10.7. The lowest BCUT2D eigenvalue weighted by Gasteiger charge is -2.15. The molecular formula is C17H21NO. The molecule has 2 heteroatoms. The van der Waals surface area contributed by atoms with Gasteiger partial charge in [-0.1, -0.05) is 38.1 Å². The molecule has 2 aromatic rings. The number of anilines is 1. The Morgan fingerprint density at radius 1 is 1.11 bits per heavy atom. The number of nitrogens with two attached hydrogens (primary N) is 1. The first-order valence-corrected chi connectivity index (χ1v) is 6.64. The van der Waals surface area contributed by atoms with Crippen molar-refractivity contribution >= 4 is 5.69 Å². The summed E-state index contributed by atoms with van der Waals surface area (Å²) in [4.78, 5) is 0. The first-order chi connectivity index (χ1) is 9.06. The van der Waals surface area contributed by atoms with Crippen LogP contribution in [0.2, 0.25) is 0 Å². The maximum absolute atomic E-state index is 5.96. The number of aryl methyl sites for hydroxylation is 1. The van der Waals surface area contributed by atoms with E-state index in [1.54, 1.807) is 0 Å². The van der Waals surface area contributed by atoms with Gasteiger partial charge in [-0.2, -0.15) is 0 Å². The second-order valence-electron chi connectivity index (χ2n) is 5.23. The van der Waals surface area contributed by atoms with Crippen LogP contribution in [0.1, 0.15) is 36.5 Å². The van der Waals surface area contributed by atoms with Crippen LogP contribution in [-0.4, -0.2) is 0 Å². The predicted octanol–water partition coefficient (Wildman–Crippen LogP) is 4.28. The van der Waals surface area contributed by atoms with E-state index in [4.69, 9.17) is 10.5 Å². The molecular weight excluding hydrogens is 234 g/mol. The summed E-state index contributed by atoms with van der Waals surface area (Å²) in [5, 5.41) is 0. The predicted molar refractivity (Wildman–Crippen MR) is 80.5 cm³/mol. The Kier molecular flexibility index (Phi) is 4.10. The summed E-state index contributed by atoms with van der Waals surface area (Å²) in [6, 6.07) is 14.2. The zero-order valence-electron chi connectivity index (χ0n) is 11.8. The first kappa shape index (κ1) is 13.5. The smallest absolute Gasteiger partial charge is 0.123 e. The van der Waals surface area contributed by atoms with Gasteiger partial charge in [0.05, 0.1) is 0 Å². The molecule has 0 bridgehead atoms. The average molecular weight is 255 g/mol. The molecule has 19 heavy (non-hydrogen) atoms. The molecule has 0 aliphatic carbocycles. The van der Waals surface area contributed by atoms with E-state index in [0.717, 1.165) is 17.0 Å². The summed E-state index contributed by atoms with van der Waals surface area (Å²) in [5.74, 6) is 1.42. The lowest BCUT2D eigenvalue weighted by Crippen LogP contribution is -2.01. The van der Waals surface area contributed by atoms with E-state index in [2.05, 4.69) is 39.0 Å². The number of hydrogen-bond acceptors (Lipinski definition) is 2. The third-order valence-electron chi connectivity index (χ3n) is 3.14. The maximum atomic E-state index is 5.96. The van der Waals surface area contributed by atoms with E-state index in [-0.39, 0.29) is 0 Å². The lowest BCUT2D eigenvalue weighted by molar-refractivity contribution is 0.301. The molecule has 100 valence electrons. The molecule has 2 N–H and O–H groups in total. The highest BCUT2D eigenvalue weighted by Gasteiger charge is 2.08. The molecule has 0 saturated carbocycles. The van der Waals surface area contributed by atoms with Crippen LogP contribution in [0, 0.1) is 6.92 Å². The van der Waals surface area contributed by atoms with Crippen molar-refractivity contribution < 1.29 is 4.74 Å². The van der Waals surface area contributed by atoms with Gasteiger partial charge in [-0.05, 0) is 47.7 Å². The van der Waals surface area contributed by atoms with Gasteiger partial charge in [0.2, 0.25) is 0 Å². The summed E-state index contributed by atoms with van der Waals surface area (Å²) < 4.78 is 5.96. The molecule has 0 saturated heterocycles. The minimum Gasteiger partial charge on any atom is -0.489 e. The number of hydrogen-bond donors (Lipinski definition) is 1. The Balaban J connectivity index is 2.17. The maximum Gasteiger partial charge on any atom is 0.123 e. The molecule has 0 fully saturated rings. The highest BCUT2D eigenvalue weighted by Crippen LogP contribution is 2.28. The molecule has 0 radical (unpaired) electrons. The largest absolute Gasteiger partial charge is 0.489 e. The van der Waals surface area contributed by atoms with E-state index >= 15 is 0 Å². The van der Waals surface area contributed by atoms with Crippen LogP contribution in [0.5, 0.6) is 5.75 Å². The third kappa shape index (κ3) is 3.50. The van der Waals surface area contributed by atoms with Crippen LogP contribution in [-0.2, 0) is 6.61 Å². The fourth-order valence-corrected chi connectivity index (χ4v) is 2.09. The molecule has 0 heterocycles. The van der Waals surface area contributed by atoms with E-state index < -0.39 is 0 Å². The van der Waals surface area contributed by atoms with Gasteiger partial charge < -0.3 is 10.5 Å². The van der Waals surface area contributed by atoms with Crippen LogP contribution >= 0.6 is 0 Å². The van der Waals surface area contributed by atoms with Crippen molar-refractivity contribution in [2.75, 3.05) is 5.73 Å². The fraction of sp³-hybridized carbons (Fsp3) is 0.294. The average Bonchev–Trinajstić information content (AvgIpc) is 2.36. The molecule has 0 unspecified atom stereocenters. The Morgan fingerprint density at radius 2 is 1.89 bits per heavy atom. The molecule has 2 nitrogen and oxygen atoms in total. The van der Waals surface area contributed by atoms with Gasteiger partial charge in [0, 0.05) is 5.69 Å². The number of ether oxygens (including phenoxy) is 1. The monoisotopic (exact) mass is 255 g/mol. The molecule has 0 amide bonds. The SMILES string of the molecule is Cc1ccc(C(C)C)c(OCc2cccc(N)c2)c1. The van der Waals surface area contributed by atoms with Crippen LogP contribution < -0.4 is 10.5 Å². The van der Waals surface area contributed by atoms with Gasteiger partial charge in [-0.15, -0.1) is 0 Å². The number of benzene rings is 2. The highest BCUT2D eigenvalue weighted by atomic mass is 16.5. The molecule has 0 aromatic heterocycles. The Labute approximate surface area is 115 Å². The topological polar surface area (TPSA) is 35.2 Å². The minimum atomic E-state index is 0.455. The lowest BCUT2D eigenvalue weighted by atomic mass is 10.0. The number of nitrogen functional groups attached to an aromatic ring is 1. The highest BCUT2D eigenvalue weighted by molar-refractivity contribution is 5.42. The van der Waals surface area contributed by atoms with E-state index in [1.165, 1.54) is 11.1 Å². The summed E-state index contributed by atoms with van der Waals surface area (Å²) in [6.07, 6.45) is 0. The number of rotatable bonds is 4. The van der Waals surface area contributed by atoms with Gasteiger partial charge in [-0.3, -0.25) is 0 Å². The van der Waals surface area contributed by atoms with E-state index in [0.29, 0.717) is 12.5 Å². The van der Waals surface area contributed by atoms with Crippen LogP contribution in [0.15, 0.2) is 42.5 Å². The zero-order chi connectivity index (χ0) is 13.8. The molecule has 2 rings (SSSR count). The molecule has 0 spiro atoms. The van der Waals surface area contributed by atoms with Gasteiger partial charge in [0.15, 0.2) is 0 Å². The standard InChI is InChI=1S/C17H21NO/c1-12(2)16-8-7-13(3)9-17(16)19-11-14-5-4-6-15(18)10-14/h4-10,12H,11,18H2,1-3H3. The second kappa shape index (κ2) is 5.79. The molecule has 0 aliphatic rings. The van der Waals surface area contributed by atoms with Crippen LogP contribution in [0.25, 0.3) is 0 Å². The van der Waals surface area contributed by atoms with Crippen molar-refractivity contribution in [3.63, 3.8) is 0 Å². The van der Waals surface area contributed by atoms with Gasteiger partial charge in [-0.25, -0.2) is 0 Å². The van der Waals surface area contributed by atoms with Gasteiger partial charge >= 0.3 is 0 Å². The summed E-state index contributed by atoms with van der Waals surface area (Å²) in [6.45, 7) is 6.99. The van der Waals surface area contributed by atoms with Gasteiger partial charge in [0.1, 0.15) is 12.4 Å². The second-order valence-corrected chi connectivity index (χ2v) is 5.23. The zero-order valence-corrected chi connectivity index (χ0v) is 11.8. The van der Waals surface area contributed by atoms with Crippen molar-refractivity contribution in [3.8, 4) is 5.75 Å². The van der Waals surface area contributed by atoms with Crippen LogP contribution in [0.3, 0.4) is 0 Å².